The number of phenols is 2. The Labute approximate surface area is 248 Å². The molecule has 1 aliphatic carbocycles. The van der Waals surface area contributed by atoms with Crippen LogP contribution < -0.4 is 24.3 Å². The Bertz CT molecular complexity index is 1720. The predicted octanol–water partition coefficient (Wildman–Crippen LogP) is 5.09. The van der Waals surface area contributed by atoms with E-state index < -0.39 is 12.0 Å². The SMILES string of the molecule is COc1cc([C@H]2COc3cc4c5c(c3[C@H]2O)CCc2c(OCc3cccc(CO)c3)cc(O)c(c2-5)CN4)cc(OC)c1O. The zero-order valence-electron chi connectivity index (χ0n) is 23.9. The number of aromatic hydroxyl groups is 2. The fourth-order valence-electron chi connectivity index (χ4n) is 6.74. The van der Waals surface area contributed by atoms with Crippen molar-refractivity contribution in [1.82, 2.24) is 0 Å². The van der Waals surface area contributed by atoms with Crippen molar-refractivity contribution >= 4 is 5.69 Å². The van der Waals surface area contributed by atoms with Crippen molar-refractivity contribution in [2.75, 3.05) is 26.1 Å². The van der Waals surface area contributed by atoms with Gasteiger partial charge < -0.3 is 44.7 Å². The first-order valence-corrected chi connectivity index (χ1v) is 14.3. The molecule has 3 aliphatic rings. The summed E-state index contributed by atoms with van der Waals surface area (Å²) < 4.78 is 23.3. The van der Waals surface area contributed by atoms with Crippen LogP contribution in [0.25, 0.3) is 11.1 Å². The maximum Gasteiger partial charge on any atom is 0.200 e. The third kappa shape index (κ3) is 4.38. The van der Waals surface area contributed by atoms with E-state index >= 15 is 0 Å². The molecule has 0 fully saturated rings. The highest BCUT2D eigenvalue weighted by molar-refractivity contribution is 5.93. The lowest BCUT2D eigenvalue weighted by atomic mass is 9.74. The molecular weight excluding hydrogens is 550 g/mol. The Morgan fingerprint density at radius 3 is 2.37 bits per heavy atom. The first-order valence-electron chi connectivity index (χ1n) is 14.3. The van der Waals surface area contributed by atoms with Crippen molar-refractivity contribution in [1.29, 1.82) is 0 Å². The second-order valence-electron chi connectivity index (χ2n) is 11.2. The molecule has 0 aromatic heterocycles. The molecule has 2 heterocycles. The smallest absolute Gasteiger partial charge is 0.200 e. The number of anilines is 1. The lowest BCUT2D eigenvalue weighted by Gasteiger charge is -2.38. The van der Waals surface area contributed by atoms with E-state index in [4.69, 9.17) is 18.9 Å². The Balaban J connectivity index is 1.30. The molecule has 0 spiro atoms. The van der Waals surface area contributed by atoms with Crippen molar-refractivity contribution in [2.24, 2.45) is 0 Å². The van der Waals surface area contributed by atoms with E-state index in [1.54, 1.807) is 18.2 Å². The molecule has 9 heteroatoms. The molecule has 0 saturated carbocycles. The topological polar surface area (TPSA) is 130 Å². The zero-order valence-corrected chi connectivity index (χ0v) is 23.9. The number of rotatable bonds is 7. The normalized spacial score (nSPS) is 17.7. The van der Waals surface area contributed by atoms with Crippen LogP contribution in [0.15, 0.2) is 48.5 Å². The number of hydrogen-bond acceptors (Lipinski definition) is 9. The molecule has 0 radical (unpaired) electrons. The average Bonchev–Trinajstić information content (AvgIpc) is 3.03. The summed E-state index contributed by atoms with van der Waals surface area (Å²) in [6, 6.07) is 14.7. The third-order valence-corrected chi connectivity index (χ3v) is 8.84. The van der Waals surface area contributed by atoms with E-state index in [1.807, 2.05) is 30.3 Å². The summed E-state index contributed by atoms with van der Waals surface area (Å²) in [5, 5.41) is 46.4. The zero-order chi connectivity index (χ0) is 29.8. The molecule has 2 aliphatic heterocycles. The Morgan fingerprint density at radius 2 is 1.63 bits per heavy atom. The lowest BCUT2D eigenvalue weighted by molar-refractivity contribution is 0.0878. The molecule has 9 nitrogen and oxygen atoms in total. The Kier molecular flexibility index (Phi) is 6.71. The summed E-state index contributed by atoms with van der Waals surface area (Å²) in [6.45, 7) is 0.951. The van der Waals surface area contributed by atoms with Crippen molar-refractivity contribution in [3.8, 4) is 45.6 Å². The number of phenolic OH excluding ortho intramolecular Hbond substituents is 2. The van der Waals surface area contributed by atoms with Gasteiger partial charge in [0.15, 0.2) is 11.5 Å². The van der Waals surface area contributed by atoms with E-state index in [0.717, 1.165) is 55.8 Å². The number of nitrogens with one attached hydrogen (secondary N) is 1. The average molecular weight is 584 g/mol. The fraction of sp³-hybridized carbons (Fsp3) is 0.294. The summed E-state index contributed by atoms with van der Waals surface area (Å²) in [5.41, 5.74) is 8.80. The maximum absolute atomic E-state index is 11.9. The van der Waals surface area contributed by atoms with Gasteiger partial charge in [0, 0.05) is 52.5 Å². The summed E-state index contributed by atoms with van der Waals surface area (Å²) in [5.74, 6) is 1.40. The largest absolute Gasteiger partial charge is 0.507 e. The van der Waals surface area contributed by atoms with Crippen molar-refractivity contribution in [2.45, 2.75) is 44.6 Å². The van der Waals surface area contributed by atoms with E-state index in [-0.39, 0.29) is 36.2 Å². The number of benzene rings is 4. The van der Waals surface area contributed by atoms with Gasteiger partial charge in [-0.05, 0) is 52.8 Å². The molecule has 4 aromatic rings. The van der Waals surface area contributed by atoms with Crippen LogP contribution in [0.4, 0.5) is 5.69 Å². The van der Waals surface area contributed by atoms with Gasteiger partial charge in [0.1, 0.15) is 23.9 Å². The van der Waals surface area contributed by atoms with Gasteiger partial charge in [-0.1, -0.05) is 24.3 Å². The molecule has 0 unspecified atom stereocenters. The van der Waals surface area contributed by atoms with Gasteiger partial charge in [0.25, 0.3) is 0 Å². The molecule has 43 heavy (non-hydrogen) atoms. The summed E-state index contributed by atoms with van der Waals surface area (Å²) in [6.07, 6.45) is 0.424. The van der Waals surface area contributed by atoms with Crippen LogP contribution in [-0.4, -0.2) is 41.3 Å². The van der Waals surface area contributed by atoms with Crippen molar-refractivity contribution in [3.05, 3.63) is 87.5 Å². The number of ether oxygens (including phenoxy) is 4. The fourth-order valence-corrected chi connectivity index (χ4v) is 6.74. The van der Waals surface area contributed by atoms with Gasteiger partial charge in [-0.3, -0.25) is 0 Å². The van der Waals surface area contributed by atoms with E-state index in [1.165, 1.54) is 14.2 Å². The minimum absolute atomic E-state index is 0.0418. The standard InChI is InChI=1S/C34H33NO8/c1-40-28-9-19(10-29(41-2)34(28)39)23-16-43-27-11-24-31-21(32(27)33(23)38)7-6-20-26(12-25(37)22(13-35-24)30(20)31)42-15-18-5-3-4-17(8-18)14-36/h3-5,8-12,23,33,35-39H,6-7,13-16H2,1-2H3/t23-,33+/m1/s1. The minimum atomic E-state index is -0.887. The number of aliphatic hydroxyl groups excluding tert-OH is 2. The first kappa shape index (κ1) is 27.2. The highest BCUT2D eigenvalue weighted by atomic mass is 16.5. The van der Waals surface area contributed by atoms with E-state index in [9.17, 15) is 20.4 Å². The quantitative estimate of drug-likeness (QED) is 0.202. The number of aliphatic hydroxyl groups is 2. The Hall–Kier alpha value is -4.60. The van der Waals surface area contributed by atoms with Crippen LogP contribution in [0.3, 0.4) is 0 Å². The van der Waals surface area contributed by atoms with Crippen LogP contribution >= 0.6 is 0 Å². The van der Waals surface area contributed by atoms with Crippen molar-refractivity contribution < 1.29 is 39.4 Å². The molecule has 0 amide bonds. The highest BCUT2D eigenvalue weighted by Crippen LogP contribution is 2.55. The van der Waals surface area contributed by atoms with E-state index in [2.05, 4.69) is 5.32 Å². The van der Waals surface area contributed by atoms with Crippen LogP contribution in [0, 0.1) is 0 Å². The number of fused-ring (bicyclic) bond motifs is 2. The summed E-state index contributed by atoms with van der Waals surface area (Å²) in [4.78, 5) is 0. The lowest BCUT2D eigenvalue weighted by Crippen LogP contribution is -2.28. The summed E-state index contributed by atoms with van der Waals surface area (Å²) >= 11 is 0. The van der Waals surface area contributed by atoms with Gasteiger partial charge in [0.05, 0.1) is 33.5 Å². The molecule has 0 saturated heterocycles. The molecular formula is C34H33NO8. The van der Waals surface area contributed by atoms with Crippen LogP contribution in [0.5, 0.6) is 34.5 Å². The Morgan fingerprint density at radius 1 is 0.884 bits per heavy atom. The minimum Gasteiger partial charge on any atom is -0.507 e. The van der Waals surface area contributed by atoms with Gasteiger partial charge in [-0.15, -0.1) is 0 Å². The van der Waals surface area contributed by atoms with E-state index in [0.29, 0.717) is 37.5 Å². The number of methoxy groups -OCH3 is 2. The first-order chi connectivity index (χ1) is 20.9. The monoisotopic (exact) mass is 583 g/mol. The molecule has 0 bridgehead atoms. The molecule has 222 valence electrons. The molecule has 5 N–H and O–H groups in total. The van der Waals surface area contributed by atoms with Crippen LogP contribution in [0.2, 0.25) is 0 Å². The van der Waals surface area contributed by atoms with Gasteiger partial charge in [-0.2, -0.15) is 0 Å². The van der Waals surface area contributed by atoms with Gasteiger partial charge >= 0.3 is 0 Å². The maximum atomic E-state index is 11.9. The summed E-state index contributed by atoms with van der Waals surface area (Å²) in [7, 11) is 2.94. The van der Waals surface area contributed by atoms with Gasteiger partial charge in [0.2, 0.25) is 5.75 Å². The second kappa shape index (κ2) is 10.6. The molecule has 2 atom stereocenters. The third-order valence-electron chi connectivity index (χ3n) is 8.84. The second-order valence-corrected chi connectivity index (χ2v) is 11.2. The molecule has 4 aromatic carbocycles. The predicted molar refractivity (Wildman–Crippen MR) is 159 cm³/mol. The van der Waals surface area contributed by atoms with Crippen molar-refractivity contribution in [3.63, 3.8) is 0 Å². The van der Waals surface area contributed by atoms with Gasteiger partial charge in [-0.25, -0.2) is 0 Å². The number of hydrogen-bond donors (Lipinski definition) is 5. The van der Waals surface area contributed by atoms with Crippen LogP contribution in [-0.2, 0) is 32.6 Å². The molecule has 7 rings (SSSR count). The highest BCUT2D eigenvalue weighted by Gasteiger charge is 2.39. The van der Waals surface area contributed by atoms with Crippen LogP contribution in [0.1, 0.15) is 51.0 Å².